The summed E-state index contributed by atoms with van der Waals surface area (Å²) in [6, 6.07) is 0. The fraction of sp³-hybridized carbons (Fsp3) is 0.754. The molecule has 0 aliphatic carbocycles. The number of hydrogen-bond donors (Lipinski definition) is 3. The van der Waals surface area contributed by atoms with E-state index < -0.39 is 67.3 Å². The number of unbranched alkanes of at least 4 members (excludes halogenated alkanes) is 26. The lowest BCUT2D eigenvalue weighted by Gasteiger charge is -2.40. The van der Waals surface area contributed by atoms with Crippen molar-refractivity contribution in [2.75, 3.05) is 13.2 Å². The van der Waals surface area contributed by atoms with Crippen LogP contribution in [0.15, 0.2) is 72.9 Å². The Balaban J connectivity index is 2.67. The third-order valence-electron chi connectivity index (χ3n) is 13.8. The van der Waals surface area contributed by atoms with Gasteiger partial charge in [-0.3, -0.25) is 14.4 Å². The Morgan fingerprint density at radius 3 is 1.25 bits per heavy atom. The average Bonchev–Trinajstić information content (AvgIpc) is 3.42. The Kier molecular flexibility index (Phi) is 48.8. The molecule has 1 aliphatic heterocycles. The lowest BCUT2D eigenvalue weighted by Crippen LogP contribution is -2.61. The van der Waals surface area contributed by atoms with Crippen LogP contribution in [0, 0.1) is 0 Å². The van der Waals surface area contributed by atoms with E-state index in [1.54, 1.807) is 0 Å². The van der Waals surface area contributed by atoms with E-state index in [4.69, 9.17) is 23.7 Å². The summed E-state index contributed by atoms with van der Waals surface area (Å²) in [5.74, 6) is -3.13. The largest absolute Gasteiger partial charge is 0.479 e. The number of carbonyl (C=O) groups is 4. The number of carboxylic acid groups (broad SMARTS) is 1. The number of carbonyl (C=O) groups excluding carboxylic acids is 3. The molecule has 6 unspecified atom stereocenters. The van der Waals surface area contributed by atoms with Gasteiger partial charge < -0.3 is 39.0 Å². The van der Waals surface area contributed by atoms with Crippen molar-refractivity contribution in [3.63, 3.8) is 0 Å². The number of carboxylic acids is 1. The molecule has 0 radical (unpaired) electrons. The SMILES string of the molecule is CC/C=C\C/C=C\C/C=C\CCCCCCCCCC(=O)OCC(COC1OC(C(=O)O)C(O)C(O)C1OC(=O)CCCCCCCCC/C=C\C/C=C\C/C=C\CC)OC(=O)CCCCCCCCCCCCCCC. The highest BCUT2D eigenvalue weighted by molar-refractivity contribution is 5.74. The van der Waals surface area contributed by atoms with Gasteiger partial charge in [-0.1, -0.05) is 235 Å². The van der Waals surface area contributed by atoms with Crippen LogP contribution < -0.4 is 0 Å². The van der Waals surface area contributed by atoms with Gasteiger partial charge in [0, 0.05) is 19.3 Å². The standard InChI is InChI=1S/C65H110O12/c1-4-7-10-13-16-19-22-25-27-29-31-34-36-39-42-45-48-51-57(66)73-54-56(75-58(67)52-49-46-43-40-37-33-24-21-18-15-12-9-6-3)55-74-65-63(61(70)60(69)62(77-65)64(71)72)76-59(68)53-50-47-44-41-38-35-32-30-28-26-23-20-17-14-11-8-5-2/h7-8,10-11,16-17,19-20,25-28,56,60-63,65,69-70H,4-6,9,12-15,18,21-24,29-55H2,1-3H3,(H,71,72)/b10-7-,11-8-,19-16-,20-17-,27-25-,28-26-. The van der Waals surface area contributed by atoms with Crippen LogP contribution in [-0.2, 0) is 42.9 Å². The Labute approximate surface area is 468 Å². The Morgan fingerprint density at radius 1 is 0.442 bits per heavy atom. The number of esters is 3. The van der Waals surface area contributed by atoms with E-state index in [-0.39, 0.29) is 25.9 Å². The van der Waals surface area contributed by atoms with Gasteiger partial charge in [0.05, 0.1) is 6.61 Å². The zero-order chi connectivity index (χ0) is 56.1. The fourth-order valence-corrected chi connectivity index (χ4v) is 9.10. The number of aliphatic hydroxyl groups excluding tert-OH is 2. The predicted molar refractivity (Wildman–Crippen MR) is 312 cm³/mol. The zero-order valence-electron chi connectivity index (χ0n) is 48.7. The normalized spacial score (nSPS) is 18.5. The maximum atomic E-state index is 13.2. The van der Waals surface area contributed by atoms with Crippen LogP contribution in [0.25, 0.3) is 0 Å². The summed E-state index contributed by atoms with van der Waals surface area (Å²) >= 11 is 0. The topological polar surface area (TPSA) is 175 Å². The van der Waals surface area contributed by atoms with Crippen molar-refractivity contribution in [3.05, 3.63) is 72.9 Å². The van der Waals surface area contributed by atoms with Gasteiger partial charge in [0.25, 0.3) is 0 Å². The number of aliphatic hydroxyl groups is 2. The highest BCUT2D eigenvalue weighted by atomic mass is 16.7. The molecule has 12 heteroatoms. The minimum Gasteiger partial charge on any atom is -0.479 e. The Hall–Kier alpha value is -3.84. The monoisotopic (exact) mass is 1080 g/mol. The molecule has 77 heavy (non-hydrogen) atoms. The minimum atomic E-state index is -1.91. The van der Waals surface area contributed by atoms with Crippen molar-refractivity contribution in [1.82, 2.24) is 0 Å². The maximum absolute atomic E-state index is 13.2. The van der Waals surface area contributed by atoms with Gasteiger partial charge in [0.2, 0.25) is 0 Å². The van der Waals surface area contributed by atoms with Crippen molar-refractivity contribution in [1.29, 1.82) is 0 Å². The van der Waals surface area contributed by atoms with E-state index in [2.05, 4.69) is 93.7 Å². The van der Waals surface area contributed by atoms with E-state index in [9.17, 15) is 34.5 Å². The molecular formula is C65H110O12. The second-order valence-corrected chi connectivity index (χ2v) is 20.9. The number of aliphatic carboxylic acids is 1. The summed E-state index contributed by atoms with van der Waals surface area (Å²) in [6.07, 6.45) is 54.3. The lowest BCUT2D eigenvalue weighted by molar-refractivity contribution is -0.301. The summed E-state index contributed by atoms with van der Waals surface area (Å²) in [5, 5.41) is 31.5. The predicted octanol–water partition coefficient (Wildman–Crippen LogP) is 16.1. The van der Waals surface area contributed by atoms with Crippen molar-refractivity contribution >= 4 is 23.9 Å². The zero-order valence-corrected chi connectivity index (χ0v) is 48.7. The van der Waals surface area contributed by atoms with Crippen molar-refractivity contribution < 1.29 is 58.2 Å². The molecule has 3 N–H and O–H groups in total. The van der Waals surface area contributed by atoms with Crippen LogP contribution >= 0.6 is 0 Å². The van der Waals surface area contributed by atoms with Gasteiger partial charge in [-0.05, 0) is 83.5 Å². The molecule has 0 bridgehead atoms. The lowest BCUT2D eigenvalue weighted by atomic mass is 9.98. The maximum Gasteiger partial charge on any atom is 0.335 e. The van der Waals surface area contributed by atoms with E-state index >= 15 is 0 Å². The second-order valence-electron chi connectivity index (χ2n) is 20.9. The van der Waals surface area contributed by atoms with Gasteiger partial charge >= 0.3 is 23.9 Å². The molecular weight excluding hydrogens is 973 g/mol. The highest BCUT2D eigenvalue weighted by Gasteiger charge is 2.50. The van der Waals surface area contributed by atoms with E-state index in [1.165, 1.54) is 70.6 Å². The van der Waals surface area contributed by atoms with Gasteiger partial charge in [0.15, 0.2) is 24.6 Å². The van der Waals surface area contributed by atoms with E-state index in [1.807, 2.05) is 0 Å². The van der Waals surface area contributed by atoms with Gasteiger partial charge in [0.1, 0.15) is 18.8 Å². The van der Waals surface area contributed by atoms with Crippen LogP contribution in [0.1, 0.15) is 265 Å². The first-order valence-electron chi connectivity index (χ1n) is 30.9. The first-order chi connectivity index (χ1) is 37.6. The summed E-state index contributed by atoms with van der Waals surface area (Å²) in [6.45, 7) is 5.78. The molecule has 0 saturated carbocycles. The number of rotatable bonds is 52. The molecule has 0 aromatic carbocycles. The number of hydrogen-bond acceptors (Lipinski definition) is 11. The summed E-state index contributed by atoms with van der Waals surface area (Å²) in [4.78, 5) is 51.2. The van der Waals surface area contributed by atoms with Crippen molar-refractivity contribution in [3.8, 4) is 0 Å². The fourth-order valence-electron chi connectivity index (χ4n) is 9.10. The molecule has 1 heterocycles. The van der Waals surface area contributed by atoms with Crippen LogP contribution in [0.5, 0.6) is 0 Å². The molecule has 6 atom stereocenters. The number of ether oxygens (including phenoxy) is 5. The second kappa shape index (κ2) is 52.8. The van der Waals surface area contributed by atoms with Crippen LogP contribution in [0.2, 0.25) is 0 Å². The van der Waals surface area contributed by atoms with Crippen molar-refractivity contribution in [2.45, 2.75) is 302 Å². The molecule has 0 aromatic heterocycles. The highest BCUT2D eigenvalue weighted by Crippen LogP contribution is 2.26. The molecule has 12 nitrogen and oxygen atoms in total. The van der Waals surface area contributed by atoms with E-state index in [0.29, 0.717) is 19.3 Å². The summed E-state index contributed by atoms with van der Waals surface area (Å²) < 4.78 is 28.5. The first-order valence-corrected chi connectivity index (χ1v) is 30.9. The summed E-state index contributed by atoms with van der Waals surface area (Å²) in [7, 11) is 0. The van der Waals surface area contributed by atoms with E-state index in [0.717, 1.165) is 135 Å². The molecule has 1 rings (SSSR count). The van der Waals surface area contributed by atoms with Crippen molar-refractivity contribution in [2.24, 2.45) is 0 Å². The van der Waals surface area contributed by atoms with Crippen LogP contribution in [-0.4, -0.2) is 89.2 Å². The number of allylic oxidation sites excluding steroid dienone is 12. The third kappa shape index (κ3) is 42.7. The van der Waals surface area contributed by atoms with Gasteiger partial charge in [-0.15, -0.1) is 0 Å². The Bertz CT molecular complexity index is 1620. The summed E-state index contributed by atoms with van der Waals surface area (Å²) in [5.41, 5.74) is 0. The molecule has 1 fully saturated rings. The van der Waals surface area contributed by atoms with Crippen LogP contribution in [0.3, 0.4) is 0 Å². The third-order valence-corrected chi connectivity index (χ3v) is 13.8. The smallest absolute Gasteiger partial charge is 0.335 e. The molecule has 1 saturated heterocycles. The molecule has 0 amide bonds. The first kappa shape index (κ1) is 71.2. The van der Waals surface area contributed by atoms with Crippen LogP contribution in [0.4, 0.5) is 0 Å². The molecule has 0 aromatic rings. The molecule has 1 aliphatic rings. The van der Waals surface area contributed by atoms with Gasteiger partial charge in [-0.2, -0.15) is 0 Å². The Morgan fingerprint density at radius 2 is 0.818 bits per heavy atom. The molecule has 0 spiro atoms. The minimum absolute atomic E-state index is 0.0478. The molecule has 442 valence electrons. The van der Waals surface area contributed by atoms with Gasteiger partial charge in [-0.25, -0.2) is 4.79 Å². The average molecular weight is 1080 g/mol. The quantitative estimate of drug-likeness (QED) is 0.0228.